The number of methoxy groups -OCH3 is 2. The van der Waals surface area contributed by atoms with Gasteiger partial charge in [0.25, 0.3) is 0 Å². The zero-order valence-electron chi connectivity index (χ0n) is 10.8. The van der Waals surface area contributed by atoms with Gasteiger partial charge in [0.05, 0.1) is 14.2 Å². The highest BCUT2D eigenvalue weighted by molar-refractivity contribution is 6.23. The first-order valence-electron chi connectivity index (χ1n) is 5.87. The zero-order chi connectivity index (χ0) is 14.4. The van der Waals surface area contributed by atoms with Gasteiger partial charge in [-0.05, 0) is 12.1 Å². The first-order valence-corrected chi connectivity index (χ1v) is 5.87. The van der Waals surface area contributed by atoms with Crippen LogP contribution in [-0.2, 0) is 0 Å². The Bertz CT molecular complexity index is 677. The summed E-state index contributed by atoms with van der Waals surface area (Å²) in [6.45, 7) is 0. The van der Waals surface area contributed by atoms with Crippen LogP contribution in [0.1, 0.15) is 15.9 Å². The number of ether oxygens (including phenoxy) is 2. The van der Waals surface area contributed by atoms with Crippen molar-refractivity contribution in [1.82, 2.24) is 0 Å². The topological polar surface area (TPSA) is 35.5 Å². The Morgan fingerprint density at radius 2 is 1.20 bits per heavy atom. The molecule has 2 aromatic carbocycles. The number of carbonyl (C=O) groups is 1. The molecule has 0 heterocycles. The van der Waals surface area contributed by atoms with E-state index in [0.717, 1.165) is 12.1 Å². The van der Waals surface area contributed by atoms with Crippen molar-refractivity contribution >= 4 is 5.78 Å². The Morgan fingerprint density at radius 3 is 1.55 bits per heavy atom. The van der Waals surface area contributed by atoms with E-state index in [9.17, 15) is 13.6 Å². The molecule has 20 heavy (non-hydrogen) atoms. The van der Waals surface area contributed by atoms with Gasteiger partial charge in [-0.1, -0.05) is 0 Å². The average molecular weight is 276 g/mol. The summed E-state index contributed by atoms with van der Waals surface area (Å²) in [5.41, 5.74) is 1.18. The molecule has 5 heteroatoms. The van der Waals surface area contributed by atoms with E-state index >= 15 is 0 Å². The minimum Gasteiger partial charge on any atom is -0.496 e. The largest absolute Gasteiger partial charge is 0.496 e. The molecule has 2 aromatic rings. The Balaban J connectivity index is 2.42. The molecule has 102 valence electrons. The molecule has 0 unspecified atom stereocenters. The third-order valence-corrected chi connectivity index (χ3v) is 3.31. The van der Waals surface area contributed by atoms with Crippen LogP contribution < -0.4 is 9.47 Å². The van der Waals surface area contributed by atoms with E-state index in [1.165, 1.54) is 26.4 Å². The van der Waals surface area contributed by atoms with Crippen molar-refractivity contribution in [3.05, 3.63) is 47.0 Å². The molecule has 3 rings (SSSR count). The van der Waals surface area contributed by atoms with E-state index in [2.05, 4.69) is 0 Å². The molecular weight excluding hydrogens is 266 g/mol. The Labute approximate surface area is 113 Å². The molecular formula is C15H10F2O3. The van der Waals surface area contributed by atoms with Crippen LogP contribution in [0.2, 0.25) is 0 Å². The molecule has 0 saturated carbocycles. The second-order valence-electron chi connectivity index (χ2n) is 4.39. The third-order valence-electron chi connectivity index (χ3n) is 3.31. The lowest BCUT2D eigenvalue weighted by molar-refractivity contribution is 0.104. The predicted octanol–water partition coefficient (Wildman–Crippen LogP) is 3.19. The first-order chi connectivity index (χ1) is 9.56. The van der Waals surface area contributed by atoms with Gasteiger partial charge in [-0.25, -0.2) is 8.78 Å². The van der Waals surface area contributed by atoms with Crippen LogP contribution in [0, 0.1) is 11.6 Å². The number of rotatable bonds is 2. The molecule has 0 radical (unpaired) electrons. The van der Waals surface area contributed by atoms with Crippen molar-refractivity contribution in [3.63, 3.8) is 0 Å². The van der Waals surface area contributed by atoms with Crippen LogP contribution in [0.4, 0.5) is 8.78 Å². The number of carbonyl (C=O) groups excluding carboxylic acids is 1. The van der Waals surface area contributed by atoms with Crippen LogP contribution in [0.3, 0.4) is 0 Å². The van der Waals surface area contributed by atoms with Gasteiger partial charge < -0.3 is 9.47 Å². The number of benzene rings is 2. The molecule has 0 aliphatic heterocycles. The second kappa shape index (κ2) is 4.30. The van der Waals surface area contributed by atoms with Crippen LogP contribution in [0.15, 0.2) is 24.3 Å². The quantitative estimate of drug-likeness (QED) is 0.721. The summed E-state index contributed by atoms with van der Waals surface area (Å²) in [7, 11) is 2.76. The van der Waals surface area contributed by atoms with Crippen LogP contribution in [0.25, 0.3) is 11.1 Å². The maximum absolute atomic E-state index is 13.5. The van der Waals surface area contributed by atoms with Gasteiger partial charge in [-0.15, -0.1) is 0 Å². The maximum atomic E-state index is 13.5. The maximum Gasteiger partial charge on any atom is 0.194 e. The van der Waals surface area contributed by atoms with Crippen molar-refractivity contribution in [3.8, 4) is 22.6 Å². The van der Waals surface area contributed by atoms with E-state index in [-0.39, 0.29) is 22.6 Å². The summed E-state index contributed by atoms with van der Waals surface area (Å²) < 4.78 is 37.3. The lowest BCUT2D eigenvalue weighted by Crippen LogP contribution is -1.97. The minimum absolute atomic E-state index is 0.153. The van der Waals surface area contributed by atoms with Crippen molar-refractivity contribution in [1.29, 1.82) is 0 Å². The van der Waals surface area contributed by atoms with E-state index in [0.29, 0.717) is 11.1 Å². The molecule has 0 spiro atoms. The van der Waals surface area contributed by atoms with Crippen molar-refractivity contribution in [2.24, 2.45) is 0 Å². The molecule has 0 N–H and O–H groups in total. The lowest BCUT2D eigenvalue weighted by atomic mass is 10.0. The summed E-state index contributed by atoms with van der Waals surface area (Å²) >= 11 is 0. The Kier molecular flexibility index (Phi) is 2.71. The van der Waals surface area contributed by atoms with Crippen LogP contribution in [-0.4, -0.2) is 20.0 Å². The second-order valence-corrected chi connectivity index (χ2v) is 4.39. The lowest BCUT2D eigenvalue weighted by Gasteiger charge is -2.11. The molecule has 1 aliphatic rings. The van der Waals surface area contributed by atoms with Gasteiger partial charge >= 0.3 is 0 Å². The van der Waals surface area contributed by atoms with E-state index in [4.69, 9.17) is 9.47 Å². The van der Waals surface area contributed by atoms with Crippen molar-refractivity contribution < 1.29 is 23.0 Å². The Hall–Kier alpha value is -2.43. The molecule has 0 saturated heterocycles. The van der Waals surface area contributed by atoms with Gasteiger partial charge in [0.2, 0.25) is 0 Å². The van der Waals surface area contributed by atoms with Gasteiger partial charge in [-0.3, -0.25) is 4.79 Å². The average Bonchev–Trinajstić information content (AvgIpc) is 2.71. The van der Waals surface area contributed by atoms with Gasteiger partial charge in [-0.2, -0.15) is 0 Å². The van der Waals surface area contributed by atoms with E-state index < -0.39 is 17.4 Å². The standard InChI is InChI=1S/C15H10F2O3/c1-19-11-5-7(16)3-9-13(11)14-10(15(9)18)4-8(17)6-12(14)20-2/h3-6H,1-2H3. The van der Waals surface area contributed by atoms with Gasteiger partial charge in [0.1, 0.15) is 23.1 Å². The minimum atomic E-state index is -0.582. The fraction of sp³-hybridized carbons (Fsp3) is 0.133. The summed E-state index contributed by atoms with van der Waals surface area (Å²) in [4.78, 5) is 12.3. The van der Waals surface area contributed by atoms with Gasteiger partial charge in [0, 0.05) is 34.4 Å². The number of hydrogen-bond acceptors (Lipinski definition) is 3. The highest BCUT2D eigenvalue weighted by Gasteiger charge is 2.33. The highest BCUT2D eigenvalue weighted by Crippen LogP contribution is 2.47. The summed E-state index contributed by atoms with van der Waals surface area (Å²) in [6.07, 6.45) is 0. The van der Waals surface area contributed by atoms with Crippen molar-refractivity contribution in [2.75, 3.05) is 14.2 Å². The molecule has 3 nitrogen and oxygen atoms in total. The number of halogens is 2. The molecule has 0 atom stereocenters. The molecule has 0 fully saturated rings. The molecule has 0 aromatic heterocycles. The highest BCUT2D eigenvalue weighted by atomic mass is 19.1. The Morgan fingerprint density at radius 1 is 0.800 bits per heavy atom. The molecule has 1 aliphatic carbocycles. The number of fused-ring (bicyclic) bond motifs is 3. The number of hydrogen-bond donors (Lipinski definition) is 0. The van der Waals surface area contributed by atoms with Crippen LogP contribution in [0.5, 0.6) is 11.5 Å². The zero-order valence-corrected chi connectivity index (χ0v) is 10.8. The monoisotopic (exact) mass is 276 g/mol. The predicted molar refractivity (Wildman–Crippen MR) is 68.3 cm³/mol. The fourth-order valence-electron chi connectivity index (χ4n) is 2.50. The van der Waals surface area contributed by atoms with Crippen LogP contribution >= 0.6 is 0 Å². The first kappa shape index (κ1) is 12.6. The summed E-state index contributed by atoms with van der Waals surface area (Å²) in [5.74, 6) is -1.16. The summed E-state index contributed by atoms with van der Waals surface area (Å²) in [5, 5.41) is 0. The van der Waals surface area contributed by atoms with Gasteiger partial charge in [0.15, 0.2) is 5.78 Å². The smallest absolute Gasteiger partial charge is 0.194 e. The van der Waals surface area contributed by atoms with E-state index in [1.807, 2.05) is 0 Å². The van der Waals surface area contributed by atoms with E-state index in [1.54, 1.807) is 0 Å². The molecule has 0 amide bonds. The third kappa shape index (κ3) is 1.59. The number of ketones is 1. The normalized spacial score (nSPS) is 12.1. The fourth-order valence-corrected chi connectivity index (χ4v) is 2.50. The SMILES string of the molecule is COc1cc(F)cc2c1-c1c(OC)cc(F)cc1C2=O. The molecule has 0 bridgehead atoms. The summed E-state index contributed by atoms with van der Waals surface area (Å²) in [6, 6.07) is 4.61. The van der Waals surface area contributed by atoms with Crippen molar-refractivity contribution in [2.45, 2.75) is 0 Å².